The van der Waals surface area contributed by atoms with Crippen molar-refractivity contribution in [2.24, 2.45) is 4.99 Å². The normalized spacial score (nSPS) is 16.1. The molecule has 0 aliphatic carbocycles. The number of aryl methyl sites for hydroxylation is 1. The lowest BCUT2D eigenvalue weighted by Crippen LogP contribution is -2.21. The van der Waals surface area contributed by atoms with Gasteiger partial charge < -0.3 is 4.74 Å². The number of rotatable bonds is 3. The van der Waals surface area contributed by atoms with Gasteiger partial charge in [0.2, 0.25) is 0 Å². The van der Waals surface area contributed by atoms with E-state index in [9.17, 15) is 5.11 Å². The predicted molar refractivity (Wildman–Crippen MR) is 60.4 cm³/mol. The second-order valence-electron chi connectivity index (χ2n) is 3.61. The molecule has 1 aliphatic rings. The molecule has 0 bridgehead atoms. The minimum atomic E-state index is -0.350. The van der Waals surface area contributed by atoms with Gasteiger partial charge in [-0.25, -0.2) is 10.1 Å². The highest BCUT2D eigenvalue weighted by Gasteiger charge is 2.09. The van der Waals surface area contributed by atoms with Crippen molar-refractivity contribution in [3.8, 4) is 0 Å². The molecule has 1 heterocycles. The van der Waals surface area contributed by atoms with Crippen molar-refractivity contribution in [2.45, 2.75) is 20.3 Å². The largest absolute Gasteiger partial charge is 0.461 e. The summed E-state index contributed by atoms with van der Waals surface area (Å²) in [7, 11) is 0. The van der Waals surface area contributed by atoms with Gasteiger partial charge in [0.05, 0.1) is 12.0 Å². The first-order valence-corrected chi connectivity index (χ1v) is 5.48. The van der Waals surface area contributed by atoms with Crippen molar-refractivity contribution in [1.29, 1.82) is 0 Å². The molecule has 16 heavy (non-hydrogen) atoms. The second kappa shape index (κ2) is 4.39. The first kappa shape index (κ1) is 10.7. The van der Waals surface area contributed by atoms with E-state index in [1.807, 2.05) is 12.1 Å². The molecule has 0 atom stereocenters. The summed E-state index contributed by atoms with van der Waals surface area (Å²) < 4.78 is 4.91. The Hall–Kier alpha value is -1.77. The molecule has 0 amide bonds. The van der Waals surface area contributed by atoms with E-state index in [1.165, 1.54) is 5.56 Å². The first-order chi connectivity index (χ1) is 7.74. The average Bonchev–Trinajstić information content (AvgIpc) is 2.71. The van der Waals surface area contributed by atoms with Gasteiger partial charge in [0.1, 0.15) is 5.70 Å². The highest BCUT2D eigenvalue weighted by molar-refractivity contribution is 5.50. The van der Waals surface area contributed by atoms with E-state index in [0.29, 0.717) is 12.3 Å². The lowest BCUT2D eigenvalue weighted by atomic mass is 10.1. The Labute approximate surface area is 94.4 Å². The monoisotopic (exact) mass is 216 g/mol. The molecule has 0 N–H and O–H groups in total. The van der Waals surface area contributed by atoms with Crippen LogP contribution in [0.1, 0.15) is 19.4 Å². The van der Waals surface area contributed by atoms with Crippen LogP contribution in [0, 0.1) is 0 Å². The maximum Gasteiger partial charge on any atom is 0.356 e. The smallest absolute Gasteiger partial charge is 0.356 e. The topological polar surface area (TPSA) is 41.5 Å². The van der Waals surface area contributed by atoms with Crippen molar-refractivity contribution in [3.05, 3.63) is 46.0 Å². The molecule has 0 spiro atoms. The number of ether oxygens (including phenoxy) is 1. The zero-order valence-corrected chi connectivity index (χ0v) is 9.49. The number of hydrogen-bond acceptors (Lipinski definition) is 2. The third-order valence-corrected chi connectivity index (χ3v) is 2.52. The van der Waals surface area contributed by atoms with Crippen molar-refractivity contribution >= 4 is 6.08 Å². The summed E-state index contributed by atoms with van der Waals surface area (Å²) in [4.78, 5) is 4.23. The molecule has 0 saturated carbocycles. The zero-order chi connectivity index (χ0) is 11.5. The second-order valence-corrected chi connectivity index (χ2v) is 3.61. The first-order valence-electron chi connectivity index (χ1n) is 5.48. The van der Waals surface area contributed by atoms with Crippen molar-refractivity contribution in [3.63, 3.8) is 0 Å². The summed E-state index contributed by atoms with van der Waals surface area (Å²) in [6.07, 6.45) is 2.77. The summed E-state index contributed by atoms with van der Waals surface area (Å²) >= 11 is 0. The number of nitrogens with zero attached hydrogens (tertiary/aromatic N) is 1. The molecule has 0 aromatic heterocycles. The molecule has 1 radical (unpaired) electrons. The molecule has 83 valence electrons. The fourth-order valence-corrected chi connectivity index (χ4v) is 1.66. The minimum Gasteiger partial charge on any atom is -0.461 e. The summed E-state index contributed by atoms with van der Waals surface area (Å²) in [5, 5.41) is 13.3. The molecular weight excluding hydrogens is 202 g/mol. The van der Waals surface area contributed by atoms with Crippen LogP contribution < -0.4 is 10.6 Å². The van der Waals surface area contributed by atoms with E-state index in [1.54, 1.807) is 13.0 Å². The SMILES string of the molecule is CCOC([O])=C1C=c2cc(CC)ccc2=N1. The van der Waals surface area contributed by atoms with E-state index in [2.05, 4.69) is 18.0 Å². The van der Waals surface area contributed by atoms with Crippen LogP contribution in [0.4, 0.5) is 0 Å². The van der Waals surface area contributed by atoms with Gasteiger partial charge in [-0.2, -0.15) is 0 Å². The lowest BCUT2D eigenvalue weighted by Gasteiger charge is -1.96. The van der Waals surface area contributed by atoms with Crippen LogP contribution in [0.15, 0.2) is 34.8 Å². The van der Waals surface area contributed by atoms with E-state index in [-0.39, 0.29) is 5.95 Å². The van der Waals surface area contributed by atoms with Crippen LogP contribution in [-0.2, 0) is 16.3 Å². The molecule has 1 aliphatic heterocycles. The molecule has 0 fully saturated rings. The van der Waals surface area contributed by atoms with Crippen LogP contribution in [0.25, 0.3) is 6.08 Å². The molecular formula is C13H14NO2. The Morgan fingerprint density at radius 2 is 2.19 bits per heavy atom. The summed E-state index contributed by atoms with van der Waals surface area (Å²) in [6.45, 7) is 4.27. The van der Waals surface area contributed by atoms with Gasteiger partial charge in [0, 0.05) is 5.22 Å². The molecule has 1 aromatic carbocycles. The maximum absolute atomic E-state index is 11.5. The molecule has 0 saturated heterocycles. The Morgan fingerprint density at radius 3 is 2.88 bits per heavy atom. The minimum absolute atomic E-state index is 0.350. The summed E-state index contributed by atoms with van der Waals surface area (Å²) in [5.74, 6) is -0.350. The zero-order valence-electron chi connectivity index (χ0n) is 9.49. The Balaban J connectivity index is 2.48. The van der Waals surface area contributed by atoms with Crippen molar-refractivity contribution in [1.82, 2.24) is 0 Å². The Kier molecular flexibility index (Phi) is 2.95. The quantitative estimate of drug-likeness (QED) is 0.702. The predicted octanol–water partition coefficient (Wildman–Crippen LogP) is 1.30. The van der Waals surface area contributed by atoms with Crippen LogP contribution in [-0.4, -0.2) is 6.61 Å². The van der Waals surface area contributed by atoms with E-state index >= 15 is 0 Å². The summed E-state index contributed by atoms with van der Waals surface area (Å²) in [5.41, 5.74) is 1.64. The molecule has 3 heteroatoms. The lowest BCUT2D eigenvalue weighted by molar-refractivity contribution is 0.0571. The van der Waals surface area contributed by atoms with Gasteiger partial charge in [-0.3, -0.25) is 0 Å². The van der Waals surface area contributed by atoms with Crippen LogP contribution >= 0.6 is 0 Å². The van der Waals surface area contributed by atoms with Gasteiger partial charge >= 0.3 is 5.95 Å². The highest BCUT2D eigenvalue weighted by Crippen LogP contribution is 2.09. The third-order valence-electron chi connectivity index (χ3n) is 2.52. The van der Waals surface area contributed by atoms with Crippen LogP contribution in [0.2, 0.25) is 0 Å². The Bertz CT molecular complexity index is 544. The van der Waals surface area contributed by atoms with Gasteiger partial charge in [-0.1, -0.05) is 13.0 Å². The van der Waals surface area contributed by atoms with Crippen LogP contribution in [0.3, 0.4) is 0 Å². The number of fused-ring (bicyclic) bond motifs is 1. The number of benzene rings is 1. The fraction of sp³-hybridized carbons (Fsp3) is 0.308. The van der Waals surface area contributed by atoms with Gasteiger partial charge in [-0.05, 0) is 37.1 Å². The van der Waals surface area contributed by atoms with E-state index in [4.69, 9.17) is 4.74 Å². The Morgan fingerprint density at radius 1 is 1.38 bits per heavy atom. The van der Waals surface area contributed by atoms with Crippen molar-refractivity contribution < 1.29 is 9.84 Å². The molecule has 3 nitrogen and oxygen atoms in total. The highest BCUT2D eigenvalue weighted by atomic mass is 16.6. The average molecular weight is 216 g/mol. The number of allylic oxidation sites excluding steroid dienone is 1. The molecule has 2 rings (SSSR count). The van der Waals surface area contributed by atoms with E-state index < -0.39 is 0 Å². The van der Waals surface area contributed by atoms with Gasteiger partial charge in [0.15, 0.2) is 0 Å². The van der Waals surface area contributed by atoms with Crippen LogP contribution in [0.5, 0.6) is 0 Å². The fourth-order valence-electron chi connectivity index (χ4n) is 1.66. The summed E-state index contributed by atoms with van der Waals surface area (Å²) in [6, 6.07) is 6.03. The maximum atomic E-state index is 11.5. The van der Waals surface area contributed by atoms with Gasteiger partial charge in [-0.15, -0.1) is 0 Å². The van der Waals surface area contributed by atoms with Gasteiger partial charge in [0.25, 0.3) is 0 Å². The van der Waals surface area contributed by atoms with Crippen molar-refractivity contribution in [2.75, 3.05) is 6.61 Å². The standard InChI is InChI=1S/C13H14NO2/c1-3-9-5-6-11-10(7-9)8-12(14-11)13(15)16-4-2/h5-8H,3-4H2,1-2H3. The molecule has 0 unspecified atom stereocenters. The van der Waals surface area contributed by atoms with E-state index in [0.717, 1.165) is 17.0 Å². The third kappa shape index (κ3) is 1.94. The number of hydrogen-bond donors (Lipinski definition) is 0. The molecule has 1 aromatic rings.